The Morgan fingerprint density at radius 3 is 1.30 bits per heavy atom. The molecule has 650 valence electrons. The third-order valence-electron chi connectivity index (χ3n) is 17.6. The number of unbranched alkanes of at least 4 members (excludes halogenated alkanes) is 2. The van der Waals surface area contributed by atoms with Crippen molar-refractivity contribution in [3.8, 4) is 0 Å². The first kappa shape index (κ1) is 102. The van der Waals surface area contributed by atoms with Crippen molar-refractivity contribution in [2.75, 3.05) is 52.5 Å². The number of amides is 16. The number of carboxylic acid groups (broad SMARTS) is 4. The number of rotatable bonds is 55. The van der Waals surface area contributed by atoms with Gasteiger partial charge in [0.2, 0.25) is 94.5 Å². The van der Waals surface area contributed by atoms with E-state index in [1.807, 2.05) is 5.32 Å². The number of likely N-dealkylation sites (tertiary alicyclic amines) is 1. The fourth-order valence-corrected chi connectivity index (χ4v) is 11.1. The summed E-state index contributed by atoms with van der Waals surface area (Å²) in [6.07, 6.45) is -2.85. The van der Waals surface area contributed by atoms with E-state index in [1.54, 1.807) is 13.8 Å². The van der Waals surface area contributed by atoms with Crippen LogP contribution in [0.15, 0.2) is 0 Å². The molecule has 115 heavy (non-hydrogen) atoms. The molecule has 0 bridgehead atoms. The van der Waals surface area contributed by atoms with Crippen molar-refractivity contribution in [2.45, 2.75) is 243 Å². The molecular weight excluding hydrogens is 1530 g/mol. The van der Waals surface area contributed by atoms with Gasteiger partial charge >= 0.3 is 23.9 Å². The van der Waals surface area contributed by atoms with Crippen molar-refractivity contribution in [3.05, 3.63) is 0 Å². The van der Waals surface area contributed by atoms with Crippen LogP contribution in [0.5, 0.6) is 0 Å². The summed E-state index contributed by atoms with van der Waals surface area (Å²) < 4.78 is 0. The Morgan fingerprint density at radius 2 is 0.809 bits per heavy atom. The van der Waals surface area contributed by atoms with Crippen LogP contribution in [0.2, 0.25) is 0 Å². The number of aliphatic carboxylic acids is 4. The predicted octanol–water partition coefficient (Wildman–Crippen LogP) is -10.2. The Labute approximate surface area is 662 Å². The summed E-state index contributed by atoms with van der Waals surface area (Å²) in [4.78, 5) is 262. The topological polar surface area (TPSA) is 745 Å². The highest BCUT2D eigenvalue weighted by Gasteiger charge is 2.41. The van der Waals surface area contributed by atoms with Crippen LogP contribution in [0.4, 0.5) is 0 Å². The van der Waals surface area contributed by atoms with Gasteiger partial charge in [-0.1, -0.05) is 48.0 Å². The van der Waals surface area contributed by atoms with Crippen molar-refractivity contribution < 1.29 is 132 Å². The number of hydrogen-bond donors (Lipinski definition) is 25. The molecule has 28 N–H and O–H groups in total. The van der Waals surface area contributed by atoms with Gasteiger partial charge in [-0.2, -0.15) is 0 Å². The number of carboxylic acids is 4. The van der Waals surface area contributed by atoms with E-state index in [1.165, 1.54) is 34.6 Å². The molecule has 0 unspecified atom stereocenters. The first-order valence-corrected chi connectivity index (χ1v) is 37.5. The molecular formula is C69H117N19O27. The second kappa shape index (κ2) is 52.5. The number of nitrogens with two attached hydrogens (primary N) is 3. The highest BCUT2D eigenvalue weighted by molar-refractivity contribution is 6.01. The Bertz CT molecular complexity index is 3380. The van der Waals surface area contributed by atoms with Crippen molar-refractivity contribution in [3.63, 3.8) is 0 Å². The minimum absolute atomic E-state index is 0.00789. The fourth-order valence-electron chi connectivity index (χ4n) is 11.1. The maximum Gasteiger partial charge on any atom is 0.326 e. The maximum atomic E-state index is 14.3. The molecule has 1 rings (SSSR count). The Hall–Kier alpha value is -10.8. The van der Waals surface area contributed by atoms with E-state index in [2.05, 4.69) is 74.4 Å². The molecule has 0 aromatic heterocycles. The van der Waals surface area contributed by atoms with Gasteiger partial charge in [-0.05, 0) is 116 Å². The number of nitrogens with zero attached hydrogens (tertiary/aromatic N) is 1. The van der Waals surface area contributed by atoms with Gasteiger partial charge in [-0.3, -0.25) is 91.1 Å². The van der Waals surface area contributed by atoms with Crippen LogP contribution in [0.25, 0.3) is 0 Å². The molecule has 0 aromatic rings. The summed E-state index contributed by atoms with van der Waals surface area (Å²) in [5.41, 5.74) is 17.0. The first-order chi connectivity index (χ1) is 53.8. The molecule has 46 nitrogen and oxygen atoms in total. The highest BCUT2D eigenvalue weighted by atomic mass is 16.4. The van der Waals surface area contributed by atoms with E-state index >= 15 is 0 Å². The summed E-state index contributed by atoms with van der Waals surface area (Å²) in [7, 11) is 0. The number of nitrogens with one attached hydrogen (secondary N) is 15. The van der Waals surface area contributed by atoms with Gasteiger partial charge < -0.3 is 138 Å². The Balaban J connectivity index is 3.11. The fraction of sp³-hybridized carbons (Fsp3) is 0.710. The van der Waals surface area contributed by atoms with Crippen molar-refractivity contribution in [1.82, 2.24) is 84.7 Å². The monoisotopic (exact) mass is 1640 g/mol. The average molecular weight is 1640 g/mol. The van der Waals surface area contributed by atoms with Gasteiger partial charge in [0.1, 0.15) is 78.5 Å². The van der Waals surface area contributed by atoms with Crippen LogP contribution in [0, 0.1) is 17.8 Å². The van der Waals surface area contributed by atoms with E-state index in [0.717, 1.165) is 18.7 Å². The third kappa shape index (κ3) is 38.2. The molecule has 15 atom stereocenters. The van der Waals surface area contributed by atoms with Gasteiger partial charge in [0, 0.05) is 19.4 Å². The largest absolute Gasteiger partial charge is 0.481 e. The first-order valence-electron chi connectivity index (χ1n) is 37.5. The molecule has 1 aliphatic heterocycles. The number of hydrogen-bond acceptors (Lipinski definition) is 26. The molecule has 16 amide bonds. The van der Waals surface area contributed by atoms with Crippen molar-refractivity contribution in [2.24, 2.45) is 35.0 Å². The Morgan fingerprint density at radius 1 is 0.400 bits per heavy atom. The molecule has 1 heterocycles. The zero-order valence-electron chi connectivity index (χ0n) is 65.9. The lowest BCUT2D eigenvalue weighted by atomic mass is 10.00. The second-order valence-electron chi connectivity index (χ2n) is 28.6. The number of carbonyl (C=O) groups excluding carboxylic acids is 16. The zero-order chi connectivity index (χ0) is 87.7. The minimum Gasteiger partial charge on any atom is -0.481 e. The number of aliphatic hydroxyl groups is 3. The molecule has 0 radical (unpaired) electrons. The molecule has 0 aliphatic carbocycles. The van der Waals surface area contributed by atoms with E-state index in [0.29, 0.717) is 32.2 Å². The summed E-state index contributed by atoms with van der Waals surface area (Å²) >= 11 is 0. The SMILES string of the molecule is CC(C)C[C@H](NC(=O)[C@H](CO)NC(=O)[C@@H](NC(=O)[C@@H](NC(=O)[C@@H](NC(=O)[C@H](C)NC(=O)[C@H](CC(=O)O)NC(=O)CNC(=O)[C@H](C)NC(=O)[C@H](CCCCN)NC(=O)[C@H](CO)NC(=O)[C@@H](N)CCCCN)C(C)C)[C@@H](C)O)C(C)C)C(=O)N1CCC[C@H]1C(=O)NCC(=O)NCC(=O)N[C@@H](CCC(=O)O)C(=O)N[C@@H](CCC(=O)O)C(=O)O. The lowest BCUT2D eigenvalue weighted by Gasteiger charge is -2.31. The summed E-state index contributed by atoms with van der Waals surface area (Å²) in [5.74, 6) is -24.1. The minimum atomic E-state index is -1.90. The summed E-state index contributed by atoms with van der Waals surface area (Å²) in [6, 6.07) is -21.5. The smallest absolute Gasteiger partial charge is 0.326 e. The molecule has 1 fully saturated rings. The van der Waals surface area contributed by atoms with Crippen LogP contribution in [-0.4, -0.2) is 302 Å². The molecule has 0 saturated carbocycles. The normalized spacial score (nSPS) is 16.1. The van der Waals surface area contributed by atoms with Gasteiger partial charge in [-0.25, -0.2) is 4.79 Å². The molecule has 46 heteroatoms. The molecule has 0 spiro atoms. The van der Waals surface area contributed by atoms with E-state index in [9.17, 15) is 121 Å². The third-order valence-corrected chi connectivity index (χ3v) is 17.6. The van der Waals surface area contributed by atoms with Gasteiger partial charge in [0.05, 0.1) is 51.4 Å². The van der Waals surface area contributed by atoms with Crippen molar-refractivity contribution in [1.29, 1.82) is 0 Å². The van der Waals surface area contributed by atoms with Crippen LogP contribution < -0.4 is 97.0 Å². The quantitative estimate of drug-likeness (QED) is 0.0251. The molecule has 0 aromatic carbocycles. The maximum absolute atomic E-state index is 14.3. The van der Waals surface area contributed by atoms with E-state index in [-0.39, 0.29) is 51.1 Å². The lowest BCUT2D eigenvalue weighted by molar-refractivity contribution is -0.144. The number of aliphatic hydroxyl groups excluding tert-OH is 3. The van der Waals surface area contributed by atoms with Crippen LogP contribution in [0.1, 0.15) is 152 Å². The van der Waals surface area contributed by atoms with Gasteiger partial charge in [-0.15, -0.1) is 0 Å². The standard InChI is InChI=1S/C69H117N19O27/c1-32(2)25-43(68(113)88-24-14-17-46(88)64(109)75-27-47(92)73-28-48(93)78-40(18-20-50(95)96)60(105)81-41(69(114)115)19-21-51(97)98)82-63(108)45(31-90)84-65(110)53(33(3)4)86-67(112)55(37(9)91)87-66(111)54(34(5)6)85-57(102)36(8)77-61(106)42(26-52(99)100)79-49(94)29-74-56(101)35(7)76-59(104)39(16-11-13-23-71)80-62(107)44(30-89)83-58(103)38(72)15-10-12-22-70/h32-46,53-55,89-91H,10-31,70-72H2,1-9H3,(H,73,92)(H,74,101)(H,75,109)(H,76,104)(H,77,106)(H,78,93)(H,79,94)(H,80,107)(H,81,105)(H,82,108)(H,83,103)(H,84,110)(H,85,102)(H,86,112)(H,87,111)(H,95,96)(H,97,98)(H,99,100)(H,114,115)/t35-,36-,37+,38-,39-,40-,41-,42-,43-,44-,45-,46-,53-,54-,55-/m0/s1. The lowest BCUT2D eigenvalue weighted by Crippen LogP contribution is -2.63. The second-order valence-corrected chi connectivity index (χ2v) is 28.6. The molecule has 1 saturated heterocycles. The zero-order valence-corrected chi connectivity index (χ0v) is 65.9. The van der Waals surface area contributed by atoms with Gasteiger partial charge in [0.15, 0.2) is 0 Å². The van der Waals surface area contributed by atoms with Crippen LogP contribution in [-0.2, 0) is 95.9 Å². The summed E-state index contributed by atoms with van der Waals surface area (Å²) in [6.45, 7) is 8.80. The summed E-state index contributed by atoms with van der Waals surface area (Å²) in [5, 5.41) is 103. The molecule has 1 aliphatic rings. The highest BCUT2D eigenvalue weighted by Crippen LogP contribution is 2.21. The Kier molecular flexibility index (Phi) is 46.7. The number of carbonyl (C=O) groups is 20. The van der Waals surface area contributed by atoms with E-state index < -0.39 is 286 Å². The van der Waals surface area contributed by atoms with E-state index in [4.69, 9.17) is 27.4 Å². The average Bonchev–Trinajstić information content (AvgIpc) is 1.67. The van der Waals surface area contributed by atoms with Gasteiger partial charge in [0.25, 0.3) is 0 Å². The van der Waals surface area contributed by atoms with Crippen molar-refractivity contribution >= 4 is 118 Å². The van der Waals surface area contributed by atoms with Crippen LogP contribution >= 0.6 is 0 Å². The predicted molar refractivity (Wildman–Crippen MR) is 401 cm³/mol. The van der Waals surface area contributed by atoms with Crippen LogP contribution in [0.3, 0.4) is 0 Å².